The van der Waals surface area contributed by atoms with Crippen LogP contribution in [0.2, 0.25) is 10.0 Å². The highest BCUT2D eigenvalue weighted by Gasteiger charge is 2.46. The highest BCUT2D eigenvalue weighted by Crippen LogP contribution is 2.43. The maximum atomic E-state index is 13.2. The van der Waals surface area contributed by atoms with Gasteiger partial charge in [-0.25, -0.2) is 0 Å². The summed E-state index contributed by atoms with van der Waals surface area (Å²) >= 11 is 12.6. The summed E-state index contributed by atoms with van der Waals surface area (Å²) in [5.74, 6) is -1.19. The highest BCUT2D eigenvalue weighted by molar-refractivity contribution is 6.47. The molecule has 8 heteroatoms. The summed E-state index contributed by atoms with van der Waals surface area (Å²) in [6.45, 7) is 3.93. The van der Waals surface area contributed by atoms with Crippen molar-refractivity contribution in [3.05, 3.63) is 99.3 Å². The Bertz CT molecular complexity index is 1260. The highest BCUT2D eigenvalue weighted by atomic mass is 35.5. The Hall–Kier alpha value is -3.35. The number of Topliss-reactive ketones (excluding diaryl/α,β-unsaturated/α-hetero) is 1. The number of aromatic nitrogens is 1. The maximum Gasteiger partial charge on any atom is 0.295 e. The quantitative estimate of drug-likeness (QED) is 0.265. The Morgan fingerprint density at radius 3 is 2.47 bits per heavy atom. The number of carbonyl (C=O) groups is 2. The number of nitrogens with zero attached hydrogens (tertiary/aromatic N) is 2. The van der Waals surface area contributed by atoms with Crippen LogP contribution in [0, 0.1) is 0 Å². The van der Waals surface area contributed by atoms with Crippen molar-refractivity contribution in [3.63, 3.8) is 0 Å². The molecular weight excluding hydrogens is 475 g/mol. The largest absolute Gasteiger partial charge is 0.507 e. The molecule has 0 saturated carbocycles. The van der Waals surface area contributed by atoms with Crippen LogP contribution in [0.25, 0.3) is 5.76 Å². The first-order chi connectivity index (χ1) is 16.3. The first-order valence-electron chi connectivity index (χ1n) is 10.7. The zero-order chi connectivity index (χ0) is 24.4. The van der Waals surface area contributed by atoms with Gasteiger partial charge in [-0.1, -0.05) is 35.3 Å². The van der Waals surface area contributed by atoms with Crippen molar-refractivity contribution >= 4 is 40.7 Å². The Labute approximate surface area is 207 Å². The second-order valence-electron chi connectivity index (χ2n) is 8.15. The van der Waals surface area contributed by atoms with Crippen molar-refractivity contribution in [1.29, 1.82) is 0 Å². The van der Waals surface area contributed by atoms with Crippen molar-refractivity contribution in [2.75, 3.05) is 0 Å². The number of aliphatic hydroxyl groups is 1. The van der Waals surface area contributed by atoms with E-state index in [4.69, 9.17) is 27.9 Å². The van der Waals surface area contributed by atoms with E-state index in [0.29, 0.717) is 21.9 Å². The summed E-state index contributed by atoms with van der Waals surface area (Å²) < 4.78 is 5.65. The average Bonchev–Trinajstić information content (AvgIpc) is 3.04. The van der Waals surface area contributed by atoms with E-state index >= 15 is 0 Å². The van der Waals surface area contributed by atoms with Gasteiger partial charge in [-0.3, -0.25) is 14.6 Å². The van der Waals surface area contributed by atoms with Gasteiger partial charge >= 0.3 is 0 Å². The van der Waals surface area contributed by atoms with E-state index in [-0.39, 0.29) is 29.0 Å². The number of pyridine rings is 1. The van der Waals surface area contributed by atoms with Crippen molar-refractivity contribution < 1.29 is 19.4 Å². The molecule has 174 valence electrons. The van der Waals surface area contributed by atoms with Crippen molar-refractivity contribution in [2.45, 2.75) is 32.5 Å². The molecule has 6 nitrogen and oxygen atoms in total. The third-order valence-electron chi connectivity index (χ3n) is 5.37. The predicted octanol–water partition coefficient (Wildman–Crippen LogP) is 5.80. The summed E-state index contributed by atoms with van der Waals surface area (Å²) in [7, 11) is 0. The van der Waals surface area contributed by atoms with Gasteiger partial charge in [-0.15, -0.1) is 0 Å². The van der Waals surface area contributed by atoms with Crippen molar-refractivity contribution in [3.8, 4) is 5.75 Å². The molecule has 1 N–H and O–H groups in total. The minimum absolute atomic E-state index is 0.00991. The normalized spacial score (nSPS) is 17.4. The van der Waals surface area contributed by atoms with Crippen LogP contribution in [0.3, 0.4) is 0 Å². The number of ketones is 1. The summed E-state index contributed by atoms with van der Waals surface area (Å²) in [6.07, 6.45) is 3.23. The zero-order valence-electron chi connectivity index (χ0n) is 18.5. The summed E-state index contributed by atoms with van der Waals surface area (Å²) in [5.41, 5.74) is 1.55. The number of ether oxygens (including phenoxy) is 1. The molecule has 0 aliphatic carbocycles. The number of hydrogen-bond acceptors (Lipinski definition) is 5. The van der Waals surface area contributed by atoms with Crippen LogP contribution in [0.4, 0.5) is 0 Å². The Balaban J connectivity index is 1.83. The Morgan fingerprint density at radius 1 is 1.12 bits per heavy atom. The molecule has 1 amide bonds. The fourth-order valence-corrected chi connectivity index (χ4v) is 4.41. The van der Waals surface area contributed by atoms with Crippen LogP contribution < -0.4 is 4.74 Å². The summed E-state index contributed by atoms with van der Waals surface area (Å²) in [4.78, 5) is 31.8. The van der Waals surface area contributed by atoms with Gasteiger partial charge in [-0.2, -0.15) is 0 Å². The van der Waals surface area contributed by atoms with Crippen LogP contribution in [-0.2, 0) is 16.1 Å². The maximum absolute atomic E-state index is 13.2. The number of carbonyl (C=O) groups excluding carboxylic acids is 2. The van der Waals surface area contributed by atoms with E-state index in [1.807, 2.05) is 13.8 Å². The van der Waals surface area contributed by atoms with Gasteiger partial charge in [0.1, 0.15) is 11.5 Å². The van der Waals surface area contributed by atoms with E-state index in [0.717, 1.165) is 5.56 Å². The molecule has 1 fully saturated rings. The average molecular weight is 497 g/mol. The van der Waals surface area contributed by atoms with Crippen LogP contribution in [-0.4, -0.2) is 32.8 Å². The Morgan fingerprint density at radius 2 is 1.85 bits per heavy atom. The molecule has 1 aromatic heterocycles. The fraction of sp³-hybridized carbons (Fsp3) is 0.192. The van der Waals surface area contributed by atoms with Crippen LogP contribution in [0.15, 0.2) is 72.6 Å². The fourth-order valence-electron chi connectivity index (χ4n) is 3.90. The first kappa shape index (κ1) is 23.8. The molecule has 1 aliphatic rings. The molecule has 0 radical (unpaired) electrons. The molecule has 2 heterocycles. The van der Waals surface area contributed by atoms with Crippen LogP contribution in [0.1, 0.15) is 36.6 Å². The lowest BCUT2D eigenvalue weighted by Gasteiger charge is -2.26. The lowest BCUT2D eigenvalue weighted by Crippen LogP contribution is -2.29. The minimum Gasteiger partial charge on any atom is -0.507 e. The number of hydrogen-bond donors (Lipinski definition) is 1. The topological polar surface area (TPSA) is 79.7 Å². The number of benzene rings is 2. The lowest BCUT2D eigenvalue weighted by molar-refractivity contribution is -0.140. The van der Waals surface area contributed by atoms with E-state index < -0.39 is 17.7 Å². The zero-order valence-corrected chi connectivity index (χ0v) is 20.0. The molecular formula is C26H22Cl2N2O4. The van der Waals surface area contributed by atoms with Gasteiger partial charge in [0.25, 0.3) is 11.7 Å². The van der Waals surface area contributed by atoms with Crippen LogP contribution >= 0.6 is 23.2 Å². The standard InChI is InChI=1S/C26H22Cl2N2O4/c1-15(2)34-19-8-5-17(6-9-19)24(31)22-23(20-10-7-18(27)12-21(20)28)30(26(33)25(22)32)14-16-4-3-11-29-13-16/h3-13,15,23,31H,14H2,1-2H3/b24-22+/t23-/m1/s1. The summed E-state index contributed by atoms with van der Waals surface area (Å²) in [6, 6.07) is 14.2. The minimum atomic E-state index is -0.906. The SMILES string of the molecule is CC(C)Oc1ccc(/C(O)=C2\C(=O)C(=O)N(Cc3cccnc3)[C@@H]2c2ccc(Cl)cc2Cl)cc1. The van der Waals surface area contributed by atoms with E-state index in [9.17, 15) is 14.7 Å². The molecule has 34 heavy (non-hydrogen) atoms. The second-order valence-corrected chi connectivity index (χ2v) is 8.99. The smallest absolute Gasteiger partial charge is 0.295 e. The van der Waals surface area contributed by atoms with E-state index in [1.165, 1.54) is 4.90 Å². The van der Waals surface area contributed by atoms with Gasteiger partial charge in [0.15, 0.2) is 0 Å². The number of aliphatic hydroxyl groups excluding tert-OH is 1. The van der Waals surface area contributed by atoms with Gasteiger partial charge in [0.2, 0.25) is 0 Å². The monoisotopic (exact) mass is 496 g/mol. The number of halogens is 2. The van der Waals surface area contributed by atoms with Gasteiger partial charge in [0.05, 0.1) is 17.7 Å². The van der Waals surface area contributed by atoms with Gasteiger partial charge in [-0.05, 0) is 67.4 Å². The second kappa shape index (κ2) is 9.87. The third-order valence-corrected chi connectivity index (χ3v) is 5.93. The van der Waals surface area contributed by atoms with Crippen molar-refractivity contribution in [1.82, 2.24) is 9.88 Å². The molecule has 3 aromatic rings. The Kier molecular flexibility index (Phi) is 6.91. The molecule has 4 rings (SSSR count). The number of amides is 1. The van der Waals surface area contributed by atoms with Crippen molar-refractivity contribution in [2.24, 2.45) is 0 Å². The summed E-state index contributed by atoms with van der Waals surface area (Å²) in [5, 5.41) is 11.9. The first-order valence-corrected chi connectivity index (χ1v) is 11.4. The van der Waals surface area contributed by atoms with Gasteiger partial charge in [0, 0.05) is 34.5 Å². The molecule has 2 aromatic carbocycles. The molecule has 0 bridgehead atoms. The van der Waals surface area contributed by atoms with Crippen LogP contribution in [0.5, 0.6) is 5.75 Å². The van der Waals surface area contributed by atoms with Gasteiger partial charge < -0.3 is 14.7 Å². The molecule has 0 unspecified atom stereocenters. The van der Waals surface area contributed by atoms with E-state index in [2.05, 4.69) is 4.98 Å². The predicted molar refractivity (Wildman–Crippen MR) is 131 cm³/mol. The number of likely N-dealkylation sites (tertiary alicyclic amines) is 1. The molecule has 1 saturated heterocycles. The molecule has 1 aliphatic heterocycles. The third kappa shape index (κ3) is 4.79. The lowest BCUT2D eigenvalue weighted by atomic mass is 9.95. The van der Waals surface area contributed by atoms with E-state index in [1.54, 1.807) is 67.0 Å². The molecule has 0 spiro atoms. The number of rotatable bonds is 6. The molecule has 1 atom stereocenters.